The third-order valence-corrected chi connectivity index (χ3v) is 4.43. The van der Waals surface area contributed by atoms with Crippen LogP contribution in [0.15, 0.2) is 67.0 Å². The van der Waals surface area contributed by atoms with E-state index in [1.165, 1.54) is 24.5 Å². The molecule has 3 rings (SSSR count). The van der Waals surface area contributed by atoms with Crippen molar-refractivity contribution in [3.63, 3.8) is 0 Å². The van der Waals surface area contributed by atoms with Gasteiger partial charge < -0.3 is 10.6 Å². The monoisotopic (exact) mass is 397 g/mol. The van der Waals surface area contributed by atoms with Crippen LogP contribution >= 0.6 is 11.6 Å². The van der Waals surface area contributed by atoms with Crippen LogP contribution in [0.3, 0.4) is 0 Å². The topological polar surface area (TPSA) is 71.1 Å². The molecule has 0 spiro atoms. The van der Waals surface area contributed by atoms with Crippen molar-refractivity contribution in [3.8, 4) is 0 Å². The lowest BCUT2D eigenvalue weighted by atomic mass is 10.1. The second-order valence-electron chi connectivity index (χ2n) is 6.01. The van der Waals surface area contributed by atoms with E-state index in [0.717, 1.165) is 5.56 Å². The number of benzene rings is 2. The van der Waals surface area contributed by atoms with Gasteiger partial charge in [0.1, 0.15) is 5.82 Å². The summed E-state index contributed by atoms with van der Waals surface area (Å²) >= 11 is 6.07. The first-order valence-corrected chi connectivity index (χ1v) is 8.90. The van der Waals surface area contributed by atoms with Gasteiger partial charge in [0.05, 0.1) is 11.1 Å². The zero-order valence-corrected chi connectivity index (χ0v) is 15.5. The Labute approximate surface area is 166 Å². The summed E-state index contributed by atoms with van der Waals surface area (Å²) in [5.41, 5.74) is 1.61. The van der Waals surface area contributed by atoms with Gasteiger partial charge in [0.2, 0.25) is 0 Å². The molecule has 0 saturated carbocycles. The van der Waals surface area contributed by atoms with Crippen LogP contribution in [0.2, 0.25) is 5.02 Å². The minimum absolute atomic E-state index is 0.0361. The molecular weight excluding hydrogens is 381 g/mol. The standard InChI is InChI=1S/C21H17ClFN3O2/c22-18-7-3-1-5-14(18)12-25-20(27)16-9-17(11-24-10-16)21(28)26-13-15-6-2-4-8-19(15)23/h1-11H,12-13H2,(H,25,27)(H,26,28). The molecule has 0 atom stereocenters. The lowest BCUT2D eigenvalue weighted by Gasteiger charge is -2.09. The first kappa shape index (κ1) is 19.5. The van der Waals surface area contributed by atoms with Gasteiger partial charge in [-0.15, -0.1) is 0 Å². The van der Waals surface area contributed by atoms with Crippen molar-refractivity contribution in [2.24, 2.45) is 0 Å². The maximum absolute atomic E-state index is 13.6. The van der Waals surface area contributed by atoms with Crippen molar-refractivity contribution in [2.45, 2.75) is 13.1 Å². The van der Waals surface area contributed by atoms with Crippen molar-refractivity contribution in [1.29, 1.82) is 0 Å². The van der Waals surface area contributed by atoms with E-state index in [9.17, 15) is 14.0 Å². The summed E-state index contributed by atoms with van der Waals surface area (Å²) in [4.78, 5) is 28.6. The number of aromatic nitrogens is 1. The number of rotatable bonds is 6. The largest absolute Gasteiger partial charge is 0.348 e. The molecule has 7 heteroatoms. The zero-order valence-electron chi connectivity index (χ0n) is 14.8. The highest BCUT2D eigenvalue weighted by molar-refractivity contribution is 6.31. The smallest absolute Gasteiger partial charge is 0.253 e. The van der Waals surface area contributed by atoms with Crippen LogP contribution in [0, 0.1) is 5.82 Å². The molecule has 3 aromatic rings. The number of nitrogens with one attached hydrogen (secondary N) is 2. The van der Waals surface area contributed by atoms with Crippen LogP contribution < -0.4 is 10.6 Å². The van der Waals surface area contributed by atoms with Crippen LogP contribution in [0.1, 0.15) is 31.8 Å². The van der Waals surface area contributed by atoms with E-state index < -0.39 is 11.7 Å². The molecule has 2 aromatic carbocycles. The van der Waals surface area contributed by atoms with Gasteiger partial charge in [-0.2, -0.15) is 0 Å². The van der Waals surface area contributed by atoms with E-state index in [4.69, 9.17) is 11.6 Å². The molecule has 1 heterocycles. The summed E-state index contributed by atoms with van der Waals surface area (Å²) in [6, 6.07) is 14.8. The van der Waals surface area contributed by atoms with Crippen molar-refractivity contribution in [2.75, 3.05) is 0 Å². The molecule has 0 aliphatic carbocycles. The summed E-state index contributed by atoms with van der Waals surface area (Å²) in [6.07, 6.45) is 2.72. The average molecular weight is 398 g/mol. The Morgan fingerprint density at radius 3 is 2.00 bits per heavy atom. The van der Waals surface area contributed by atoms with Crippen molar-refractivity contribution >= 4 is 23.4 Å². The molecule has 0 bridgehead atoms. The van der Waals surface area contributed by atoms with Gasteiger partial charge in [-0.1, -0.05) is 48.0 Å². The average Bonchev–Trinajstić information content (AvgIpc) is 2.72. The Morgan fingerprint density at radius 1 is 0.857 bits per heavy atom. The molecule has 0 aliphatic rings. The van der Waals surface area contributed by atoms with Crippen LogP contribution in [0.25, 0.3) is 0 Å². The number of hydrogen-bond donors (Lipinski definition) is 2. The molecule has 28 heavy (non-hydrogen) atoms. The summed E-state index contributed by atoms with van der Waals surface area (Å²) in [6.45, 7) is 0.288. The summed E-state index contributed by atoms with van der Waals surface area (Å²) in [7, 11) is 0. The molecule has 2 amide bonds. The number of amides is 2. The second-order valence-corrected chi connectivity index (χ2v) is 6.42. The number of carbonyl (C=O) groups excluding carboxylic acids is 2. The molecule has 142 valence electrons. The Balaban J connectivity index is 1.62. The van der Waals surface area contributed by atoms with E-state index in [1.807, 2.05) is 12.1 Å². The van der Waals surface area contributed by atoms with E-state index in [0.29, 0.717) is 10.6 Å². The molecule has 5 nitrogen and oxygen atoms in total. The number of hydrogen-bond acceptors (Lipinski definition) is 3. The Hall–Kier alpha value is -3.25. The van der Waals surface area contributed by atoms with Gasteiger partial charge in [0, 0.05) is 36.1 Å². The maximum Gasteiger partial charge on any atom is 0.253 e. The van der Waals surface area contributed by atoms with E-state index in [-0.39, 0.29) is 30.1 Å². The highest BCUT2D eigenvalue weighted by Gasteiger charge is 2.12. The Bertz CT molecular complexity index is 933. The van der Waals surface area contributed by atoms with E-state index in [1.54, 1.807) is 30.3 Å². The Kier molecular flexibility index (Phi) is 6.34. The van der Waals surface area contributed by atoms with Gasteiger partial charge in [0.15, 0.2) is 0 Å². The lowest BCUT2D eigenvalue weighted by Crippen LogP contribution is -2.26. The number of pyridine rings is 1. The van der Waals surface area contributed by atoms with Crippen LogP contribution in [0.5, 0.6) is 0 Å². The predicted octanol–water partition coefficient (Wildman–Crippen LogP) is 3.73. The maximum atomic E-state index is 13.6. The predicted molar refractivity (Wildman–Crippen MR) is 104 cm³/mol. The molecule has 0 saturated heterocycles. The van der Waals surface area contributed by atoms with E-state index >= 15 is 0 Å². The Morgan fingerprint density at radius 2 is 1.39 bits per heavy atom. The van der Waals surface area contributed by atoms with Gasteiger partial charge >= 0.3 is 0 Å². The van der Waals surface area contributed by atoms with Crippen LogP contribution in [0.4, 0.5) is 4.39 Å². The normalized spacial score (nSPS) is 10.4. The summed E-state index contributed by atoms with van der Waals surface area (Å²) in [5.74, 6) is -1.22. The van der Waals surface area contributed by atoms with Gasteiger partial charge in [-0.05, 0) is 23.8 Å². The molecule has 0 fully saturated rings. The number of carbonyl (C=O) groups is 2. The van der Waals surface area contributed by atoms with Gasteiger partial charge in [0.25, 0.3) is 11.8 Å². The quantitative estimate of drug-likeness (QED) is 0.665. The number of halogens is 2. The second kappa shape index (κ2) is 9.10. The summed E-state index contributed by atoms with van der Waals surface area (Å²) < 4.78 is 13.6. The zero-order chi connectivity index (χ0) is 19.9. The molecule has 1 aromatic heterocycles. The third kappa shape index (κ3) is 4.92. The fraction of sp³-hybridized carbons (Fsp3) is 0.0952. The minimum atomic E-state index is -0.448. The molecule has 0 radical (unpaired) electrons. The van der Waals surface area contributed by atoms with Gasteiger partial charge in [-0.3, -0.25) is 14.6 Å². The van der Waals surface area contributed by atoms with E-state index in [2.05, 4.69) is 15.6 Å². The lowest BCUT2D eigenvalue weighted by molar-refractivity contribution is 0.0950. The highest BCUT2D eigenvalue weighted by atomic mass is 35.5. The first-order chi connectivity index (χ1) is 13.5. The van der Waals surface area contributed by atoms with Gasteiger partial charge in [-0.25, -0.2) is 4.39 Å². The van der Waals surface area contributed by atoms with Crippen molar-refractivity contribution < 1.29 is 14.0 Å². The summed E-state index contributed by atoms with van der Waals surface area (Å²) in [5, 5.41) is 5.92. The molecule has 0 aliphatic heterocycles. The molecular formula is C21H17ClFN3O2. The molecule has 0 unspecified atom stereocenters. The minimum Gasteiger partial charge on any atom is -0.348 e. The SMILES string of the molecule is O=C(NCc1ccccc1F)c1cncc(C(=O)NCc2ccccc2Cl)c1. The van der Waals surface area contributed by atoms with Crippen LogP contribution in [-0.2, 0) is 13.1 Å². The van der Waals surface area contributed by atoms with Crippen molar-refractivity contribution in [1.82, 2.24) is 15.6 Å². The fourth-order valence-electron chi connectivity index (χ4n) is 2.53. The fourth-order valence-corrected chi connectivity index (χ4v) is 2.73. The highest BCUT2D eigenvalue weighted by Crippen LogP contribution is 2.14. The number of nitrogens with zero attached hydrogens (tertiary/aromatic N) is 1. The molecule has 2 N–H and O–H groups in total. The first-order valence-electron chi connectivity index (χ1n) is 8.53. The van der Waals surface area contributed by atoms with Crippen molar-refractivity contribution in [3.05, 3.63) is 100 Å². The van der Waals surface area contributed by atoms with Crippen LogP contribution in [-0.4, -0.2) is 16.8 Å². The third-order valence-electron chi connectivity index (χ3n) is 4.06.